The van der Waals surface area contributed by atoms with Crippen LogP contribution in [0.4, 0.5) is 10.1 Å². The molecule has 0 aliphatic heterocycles. The van der Waals surface area contributed by atoms with Crippen molar-refractivity contribution in [1.82, 2.24) is 5.01 Å². The fraction of sp³-hybridized carbons (Fsp3) is 0.222. The molecule has 0 aliphatic carbocycles. The van der Waals surface area contributed by atoms with Crippen LogP contribution in [0.2, 0.25) is 0 Å². The van der Waals surface area contributed by atoms with Gasteiger partial charge in [-0.1, -0.05) is 6.07 Å². The average Bonchev–Trinajstić information content (AvgIpc) is 2.01. The average molecular weight is 198 g/mol. The zero-order chi connectivity index (χ0) is 10.7. The highest BCUT2D eigenvalue weighted by molar-refractivity contribution is 5.94. The highest BCUT2D eigenvalue weighted by atomic mass is 19.1. The summed E-state index contributed by atoms with van der Waals surface area (Å²) >= 11 is 0. The Morgan fingerprint density at radius 3 is 2.64 bits per heavy atom. The zero-order valence-corrected chi connectivity index (χ0v) is 7.91. The summed E-state index contributed by atoms with van der Waals surface area (Å²) < 4.78 is 13.1. The second-order valence-corrected chi connectivity index (χ2v) is 2.97. The van der Waals surface area contributed by atoms with Crippen molar-refractivity contribution in [2.75, 3.05) is 19.5 Å². The lowest BCUT2D eigenvalue weighted by molar-refractivity contribution is 0.0692. The highest BCUT2D eigenvalue weighted by Gasteiger charge is 2.15. The first-order valence-electron chi connectivity index (χ1n) is 3.98. The smallest absolute Gasteiger partial charge is 0.340 e. The molecule has 0 bridgehead atoms. The van der Waals surface area contributed by atoms with Gasteiger partial charge in [-0.25, -0.2) is 14.2 Å². The van der Waals surface area contributed by atoms with Crippen molar-refractivity contribution >= 4 is 11.7 Å². The van der Waals surface area contributed by atoms with Gasteiger partial charge in [0.15, 0.2) is 0 Å². The maximum absolute atomic E-state index is 13.1. The van der Waals surface area contributed by atoms with E-state index in [1.165, 1.54) is 12.1 Å². The van der Waals surface area contributed by atoms with Gasteiger partial charge in [0.1, 0.15) is 11.4 Å². The van der Waals surface area contributed by atoms with Gasteiger partial charge in [0.05, 0.1) is 5.69 Å². The van der Waals surface area contributed by atoms with Crippen LogP contribution in [0.15, 0.2) is 18.2 Å². The second-order valence-electron chi connectivity index (χ2n) is 2.97. The zero-order valence-electron chi connectivity index (χ0n) is 7.91. The van der Waals surface area contributed by atoms with Gasteiger partial charge in [0, 0.05) is 14.1 Å². The molecule has 0 unspecified atom stereocenters. The van der Waals surface area contributed by atoms with Crippen LogP contribution in [-0.4, -0.2) is 30.2 Å². The van der Waals surface area contributed by atoms with Gasteiger partial charge in [-0.2, -0.15) is 0 Å². The van der Waals surface area contributed by atoms with E-state index in [1.54, 1.807) is 19.1 Å². The molecule has 5 heteroatoms. The number of carbonyl (C=O) groups is 1. The number of rotatable bonds is 3. The first-order valence-corrected chi connectivity index (χ1v) is 3.98. The molecular formula is C9H11FN2O2. The summed E-state index contributed by atoms with van der Waals surface area (Å²) in [5, 5.41) is 10.3. The standard InChI is InChI=1S/C9H11FN2O2/c1-12(2)11-7-5-3-4-6(10)8(7)9(13)14/h3-5,11H,1-2H3,(H,13,14). The van der Waals surface area contributed by atoms with Crippen LogP contribution < -0.4 is 5.43 Å². The lowest BCUT2D eigenvalue weighted by Crippen LogP contribution is -2.21. The summed E-state index contributed by atoms with van der Waals surface area (Å²) in [7, 11) is 3.38. The molecule has 1 rings (SSSR count). The molecule has 1 aromatic rings. The topological polar surface area (TPSA) is 52.6 Å². The first kappa shape index (κ1) is 10.5. The molecule has 76 valence electrons. The Hall–Kier alpha value is -1.62. The summed E-state index contributed by atoms with van der Waals surface area (Å²) in [5.41, 5.74) is 2.60. The number of halogens is 1. The molecule has 1 aromatic carbocycles. The Balaban J connectivity index is 3.14. The van der Waals surface area contributed by atoms with E-state index in [1.807, 2.05) is 0 Å². The molecular weight excluding hydrogens is 187 g/mol. The number of benzene rings is 1. The summed E-state index contributed by atoms with van der Waals surface area (Å²) in [5.74, 6) is -2.03. The van der Waals surface area contributed by atoms with Gasteiger partial charge in [-0.15, -0.1) is 0 Å². The molecule has 14 heavy (non-hydrogen) atoms. The third-order valence-corrected chi connectivity index (χ3v) is 1.57. The Morgan fingerprint density at radius 2 is 2.14 bits per heavy atom. The summed E-state index contributed by atoms with van der Waals surface area (Å²) in [4.78, 5) is 10.7. The van der Waals surface area contributed by atoms with E-state index in [0.29, 0.717) is 0 Å². The molecule has 0 aliphatic rings. The molecule has 0 radical (unpaired) electrons. The van der Waals surface area contributed by atoms with Crippen molar-refractivity contribution in [3.8, 4) is 0 Å². The summed E-state index contributed by atoms with van der Waals surface area (Å²) in [6, 6.07) is 4.07. The monoisotopic (exact) mass is 198 g/mol. The number of hydrazine groups is 1. The fourth-order valence-electron chi connectivity index (χ4n) is 1.08. The summed E-state index contributed by atoms with van der Waals surface area (Å²) in [6.07, 6.45) is 0. The third kappa shape index (κ3) is 2.20. The molecule has 0 saturated carbocycles. The summed E-state index contributed by atoms with van der Waals surface area (Å²) in [6.45, 7) is 0. The van der Waals surface area contributed by atoms with Crippen LogP contribution in [0, 0.1) is 5.82 Å². The first-order chi connectivity index (χ1) is 6.52. The largest absolute Gasteiger partial charge is 0.478 e. The number of carboxylic acids is 1. The Bertz CT molecular complexity index is 353. The van der Waals surface area contributed by atoms with Gasteiger partial charge >= 0.3 is 5.97 Å². The molecule has 0 amide bonds. The minimum absolute atomic E-state index is 0.238. The van der Waals surface area contributed by atoms with Crippen LogP contribution in [0.5, 0.6) is 0 Å². The van der Waals surface area contributed by atoms with Crippen LogP contribution in [0.1, 0.15) is 10.4 Å². The number of hydrogen-bond acceptors (Lipinski definition) is 3. The van der Waals surface area contributed by atoms with Crippen LogP contribution >= 0.6 is 0 Å². The fourth-order valence-corrected chi connectivity index (χ4v) is 1.08. The van der Waals surface area contributed by atoms with Crippen LogP contribution in [0.3, 0.4) is 0 Å². The van der Waals surface area contributed by atoms with Crippen molar-refractivity contribution in [2.24, 2.45) is 0 Å². The van der Waals surface area contributed by atoms with Gasteiger partial charge in [0.2, 0.25) is 0 Å². The van der Waals surface area contributed by atoms with E-state index in [4.69, 9.17) is 5.11 Å². The second kappa shape index (κ2) is 4.06. The Kier molecular flexibility index (Phi) is 3.03. The number of nitrogens with one attached hydrogen (secondary N) is 1. The molecule has 0 atom stereocenters. The van der Waals surface area contributed by atoms with Crippen LogP contribution in [0.25, 0.3) is 0 Å². The number of hydrogen-bond donors (Lipinski definition) is 2. The minimum atomic E-state index is -1.28. The third-order valence-electron chi connectivity index (χ3n) is 1.57. The van der Waals surface area contributed by atoms with Crippen molar-refractivity contribution in [3.63, 3.8) is 0 Å². The quantitative estimate of drug-likeness (QED) is 0.721. The predicted molar refractivity (Wildman–Crippen MR) is 50.7 cm³/mol. The highest BCUT2D eigenvalue weighted by Crippen LogP contribution is 2.18. The van der Waals surface area contributed by atoms with E-state index in [-0.39, 0.29) is 11.3 Å². The van der Waals surface area contributed by atoms with Crippen molar-refractivity contribution in [3.05, 3.63) is 29.6 Å². The molecule has 0 fully saturated rings. The van der Waals surface area contributed by atoms with Crippen molar-refractivity contribution in [1.29, 1.82) is 0 Å². The predicted octanol–water partition coefficient (Wildman–Crippen LogP) is 1.41. The lowest BCUT2D eigenvalue weighted by atomic mass is 10.1. The van der Waals surface area contributed by atoms with Crippen LogP contribution in [-0.2, 0) is 0 Å². The van der Waals surface area contributed by atoms with Gasteiger partial charge in [-0.05, 0) is 12.1 Å². The number of anilines is 1. The van der Waals surface area contributed by atoms with Crippen molar-refractivity contribution in [2.45, 2.75) is 0 Å². The van der Waals surface area contributed by atoms with Gasteiger partial charge < -0.3 is 10.5 Å². The minimum Gasteiger partial charge on any atom is -0.478 e. The molecule has 0 heterocycles. The van der Waals surface area contributed by atoms with Gasteiger partial charge in [-0.3, -0.25) is 0 Å². The number of aromatic carboxylic acids is 1. The molecule has 0 aromatic heterocycles. The molecule has 2 N–H and O–H groups in total. The molecule has 4 nitrogen and oxygen atoms in total. The number of nitrogens with zero attached hydrogens (tertiary/aromatic N) is 1. The maximum Gasteiger partial charge on any atom is 0.340 e. The number of carboxylic acid groups (broad SMARTS) is 1. The van der Waals surface area contributed by atoms with Gasteiger partial charge in [0.25, 0.3) is 0 Å². The Morgan fingerprint density at radius 1 is 1.50 bits per heavy atom. The molecule has 0 saturated heterocycles. The normalized spacial score (nSPS) is 10.3. The van der Waals surface area contributed by atoms with E-state index >= 15 is 0 Å². The van der Waals surface area contributed by atoms with E-state index in [0.717, 1.165) is 6.07 Å². The lowest BCUT2D eigenvalue weighted by Gasteiger charge is -2.15. The van der Waals surface area contributed by atoms with E-state index < -0.39 is 11.8 Å². The van der Waals surface area contributed by atoms with E-state index in [2.05, 4.69) is 5.43 Å². The van der Waals surface area contributed by atoms with Crippen molar-refractivity contribution < 1.29 is 14.3 Å². The molecule has 0 spiro atoms. The SMILES string of the molecule is CN(C)Nc1cccc(F)c1C(=O)O. The maximum atomic E-state index is 13.1. The Labute approximate surface area is 80.9 Å². The van der Waals surface area contributed by atoms with E-state index in [9.17, 15) is 9.18 Å².